The molecule has 0 bridgehead atoms. The summed E-state index contributed by atoms with van der Waals surface area (Å²) in [4.78, 5) is 19.1. The fraction of sp³-hybridized carbons (Fsp3) is 0.364. The third-order valence-electron chi connectivity index (χ3n) is 2.30. The second kappa shape index (κ2) is 5.92. The van der Waals surface area contributed by atoms with E-state index in [-0.39, 0.29) is 5.69 Å². The van der Waals surface area contributed by atoms with Gasteiger partial charge in [-0.05, 0) is 6.42 Å². The van der Waals surface area contributed by atoms with Crippen molar-refractivity contribution in [3.8, 4) is 0 Å². The lowest BCUT2D eigenvalue weighted by molar-refractivity contribution is 0.0691. The van der Waals surface area contributed by atoms with Gasteiger partial charge in [0, 0.05) is 23.7 Å². The van der Waals surface area contributed by atoms with E-state index in [1.165, 1.54) is 11.3 Å². The number of aromatic carboxylic acids is 1. The summed E-state index contributed by atoms with van der Waals surface area (Å²) in [7, 11) is 0. The first-order valence-corrected chi connectivity index (χ1v) is 7.31. The van der Waals surface area contributed by atoms with Gasteiger partial charge in [-0.3, -0.25) is 0 Å². The van der Waals surface area contributed by atoms with Crippen LogP contribution < -0.4 is 5.32 Å². The molecule has 0 atom stereocenters. The fourth-order valence-corrected chi connectivity index (χ4v) is 2.95. The van der Waals surface area contributed by atoms with Gasteiger partial charge in [-0.1, -0.05) is 6.92 Å². The lowest BCUT2D eigenvalue weighted by Crippen LogP contribution is -2.05. The van der Waals surface area contributed by atoms with Crippen LogP contribution in [0.1, 0.15) is 28.1 Å². The van der Waals surface area contributed by atoms with E-state index in [0.29, 0.717) is 13.0 Å². The second-order valence-electron chi connectivity index (χ2n) is 3.61. The highest BCUT2D eigenvalue weighted by molar-refractivity contribution is 7.13. The van der Waals surface area contributed by atoms with Crippen molar-refractivity contribution in [2.24, 2.45) is 0 Å². The topological polar surface area (TPSA) is 75.1 Å². The number of nitrogens with one attached hydrogen (secondary N) is 1. The molecule has 0 spiro atoms. The number of aromatic nitrogens is 2. The van der Waals surface area contributed by atoms with Crippen molar-refractivity contribution in [3.05, 3.63) is 27.2 Å². The lowest BCUT2D eigenvalue weighted by Gasteiger charge is -1.99. The van der Waals surface area contributed by atoms with Gasteiger partial charge in [0.2, 0.25) is 0 Å². The zero-order chi connectivity index (χ0) is 13.0. The molecule has 2 heterocycles. The molecule has 0 fully saturated rings. The molecule has 7 heteroatoms. The van der Waals surface area contributed by atoms with Gasteiger partial charge in [-0.2, -0.15) is 0 Å². The van der Waals surface area contributed by atoms with Crippen LogP contribution in [-0.4, -0.2) is 27.6 Å². The largest absolute Gasteiger partial charge is 0.476 e. The number of nitrogens with zero attached hydrogens (tertiary/aromatic N) is 2. The maximum absolute atomic E-state index is 10.7. The number of aryl methyl sites for hydroxylation is 1. The van der Waals surface area contributed by atoms with E-state index >= 15 is 0 Å². The van der Waals surface area contributed by atoms with E-state index in [0.717, 1.165) is 22.3 Å². The smallest absolute Gasteiger partial charge is 0.355 e. The van der Waals surface area contributed by atoms with Crippen LogP contribution in [0.15, 0.2) is 10.8 Å². The summed E-state index contributed by atoms with van der Waals surface area (Å²) in [6.45, 7) is 2.78. The third-order valence-corrected chi connectivity index (χ3v) is 4.06. The summed E-state index contributed by atoms with van der Waals surface area (Å²) >= 11 is 2.96. The van der Waals surface area contributed by atoms with Crippen LogP contribution in [0.5, 0.6) is 0 Å². The molecule has 2 aromatic heterocycles. The Bertz CT molecular complexity index is 536. The minimum atomic E-state index is -0.974. The molecule has 2 aromatic rings. The van der Waals surface area contributed by atoms with Gasteiger partial charge in [0.05, 0.1) is 10.7 Å². The molecule has 2 rings (SSSR count). The Hall–Kier alpha value is -1.47. The standard InChI is InChI=1S/C11H13N3O2S2/c1-2-7-5-18-11(13-7)12-4-3-9-14-8(6-17-9)10(15)16/h5-6H,2-4H2,1H3,(H,12,13)(H,15,16). The van der Waals surface area contributed by atoms with Gasteiger partial charge in [-0.25, -0.2) is 14.8 Å². The number of thiazole rings is 2. The Labute approximate surface area is 113 Å². The number of rotatable bonds is 6. The van der Waals surface area contributed by atoms with E-state index in [1.807, 2.05) is 5.38 Å². The monoisotopic (exact) mass is 283 g/mol. The SMILES string of the molecule is CCc1csc(NCCc2nc(C(=O)O)cs2)n1. The average molecular weight is 283 g/mol. The van der Waals surface area contributed by atoms with Crippen molar-refractivity contribution < 1.29 is 9.90 Å². The predicted molar refractivity (Wildman–Crippen MR) is 72.8 cm³/mol. The van der Waals surface area contributed by atoms with Crippen molar-refractivity contribution in [1.29, 1.82) is 0 Å². The van der Waals surface area contributed by atoms with Crippen LogP contribution in [-0.2, 0) is 12.8 Å². The molecule has 18 heavy (non-hydrogen) atoms. The first kappa shape index (κ1) is 13.0. The molecule has 0 aromatic carbocycles. The molecular weight excluding hydrogens is 270 g/mol. The summed E-state index contributed by atoms with van der Waals surface area (Å²) < 4.78 is 0. The van der Waals surface area contributed by atoms with Gasteiger partial charge in [0.15, 0.2) is 10.8 Å². The van der Waals surface area contributed by atoms with Crippen LogP contribution in [0, 0.1) is 0 Å². The van der Waals surface area contributed by atoms with Gasteiger partial charge < -0.3 is 10.4 Å². The van der Waals surface area contributed by atoms with Crippen LogP contribution in [0.3, 0.4) is 0 Å². The van der Waals surface area contributed by atoms with Crippen molar-refractivity contribution >= 4 is 33.8 Å². The number of carbonyl (C=O) groups is 1. The Morgan fingerprint density at radius 1 is 1.39 bits per heavy atom. The quantitative estimate of drug-likeness (QED) is 0.852. The zero-order valence-corrected chi connectivity index (χ0v) is 11.5. The van der Waals surface area contributed by atoms with Crippen molar-refractivity contribution in [1.82, 2.24) is 9.97 Å². The first-order chi connectivity index (χ1) is 8.69. The summed E-state index contributed by atoms with van der Waals surface area (Å²) in [6, 6.07) is 0. The number of carboxylic acids is 1. The predicted octanol–water partition coefficient (Wildman–Crippen LogP) is 2.51. The zero-order valence-electron chi connectivity index (χ0n) is 9.84. The van der Waals surface area contributed by atoms with Crippen molar-refractivity contribution in [3.63, 3.8) is 0 Å². The van der Waals surface area contributed by atoms with Gasteiger partial charge >= 0.3 is 5.97 Å². The molecule has 5 nitrogen and oxygen atoms in total. The van der Waals surface area contributed by atoms with Crippen molar-refractivity contribution in [2.45, 2.75) is 19.8 Å². The molecule has 0 radical (unpaired) electrons. The Balaban J connectivity index is 1.82. The third kappa shape index (κ3) is 3.27. The molecule has 0 unspecified atom stereocenters. The normalized spacial score (nSPS) is 10.5. The highest BCUT2D eigenvalue weighted by Crippen LogP contribution is 2.16. The minimum Gasteiger partial charge on any atom is -0.476 e. The van der Waals surface area contributed by atoms with E-state index in [4.69, 9.17) is 5.11 Å². The Morgan fingerprint density at radius 2 is 2.22 bits per heavy atom. The maximum Gasteiger partial charge on any atom is 0.355 e. The summed E-state index contributed by atoms with van der Waals surface area (Å²) in [6.07, 6.45) is 1.64. The molecule has 0 amide bonds. The van der Waals surface area contributed by atoms with Crippen molar-refractivity contribution in [2.75, 3.05) is 11.9 Å². The van der Waals surface area contributed by atoms with Gasteiger partial charge in [-0.15, -0.1) is 22.7 Å². The molecule has 0 aliphatic heterocycles. The number of anilines is 1. The van der Waals surface area contributed by atoms with Crippen LogP contribution in [0.2, 0.25) is 0 Å². The summed E-state index contributed by atoms with van der Waals surface area (Å²) in [5.74, 6) is -0.974. The average Bonchev–Trinajstić information content (AvgIpc) is 2.97. The molecule has 0 saturated heterocycles. The molecule has 2 N–H and O–H groups in total. The van der Waals surface area contributed by atoms with Crippen LogP contribution in [0.4, 0.5) is 5.13 Å². The highest BCUT2D eigenvalue weighted by Gasteiger charge is 2.08. The number of carboxylic acid groups (broad SMARTS) is 1. The second-order valence-corrected chi connectivity index (χ2v) is 5.41. The van der Waals surface area contributed by atoms with E-state index < -0.39 is 5.97 Å². The summed E-state index contributed by atoms with van der Waals surface area (Å²) in [5, 5.41) is 17.3. The fourth-order valence-electron chi connectivity index (χ4n) is 1.35. The molecular formula is C11H13N3O2S2. The maximum atomic E-state index is 10.7. The van der Waals surface area contributed by atoms with Crippen LogP contribution in [0.25, 0.3) is 0 Å². The van der Waals surface area contributed by atoms with Crippen LogP contribution >= 0.6 is 22.7 Å². The number of hydrogen-bond acceptors (Lipinski definition) is 6. The Morgan fingerprint density at radius 3 is 2.83 bits per heavy atom. The van der Waals surface area contributed by atoms with E-state index in [1.54, 1.807) is 16.7 Å². The molecule has 0 aliphatic rings. The lowest BCUT2D eigenvalue weighted by atomic mass is 10.4. The summed E-state index contributed by atoms with van der Waals surface area (Å²) in [5.41, 5.74) is 1.21. The first-order valence-electron chi connectivity index (χ1n) is 5.55. The van der Waals surface area contributed by atoms with E-state index in [2.05, 4.69) is 22.2 Å². The van der Waals surface area contributed by atoms with Gasteiger partial charge in [0.1, 0.15) is 0 Å². The molecule has 0 saturated carbocycles. The van der Waals surface area contributed by atoms with E-state index in [9.17, 15) is 4.79 Å². The minimum absolute atomic E-state index is 0.123. The molecule has 0 aliphatic carbocycles. The Kier molecular flexibility index (Phi) is 4.27. The number of hydrogen-bond donors (Lipinski definition) is 2. The van der Waals surface area contributed by atoms with Gasteiger partial charge in [0.25, 0.3) is 0 Å². The highest BCUT2D eigenvalue weighted by atomic mass is 32.1. The molecule has 96 valence electrons.